The van der Waals surface area contributed by atoms with Gasteiger partial charge >= 0.3 is 0 Å². The number of pyridine rings is 1. The molecule has 5 atom stereocenters. The zero-order valence-electron chi connectivity index (χ0n) is 24.9. The monoisotopic (exact) mass is 580 g/mol. The fourth-order valence-corrected chi connectivity index (χ4v) is 5.14. The van der Waals surface area contributed by atoms with Gasteiger partial charge in [-0.3, -0.25) is 24.4 Å². The van der Waals surface area contributed by atoms with Crippen LogP contribution in [0.25, 0.3) is 17.0 Å². The number of rotatable bonds is 1. The van der Waals surface area contributed by atoms with E-state index in [1.807, 2.05) is 57.2 Å². The maximum Gasteiger partial charge on any atom is 0.258 e. The van der Waals surface area contributed by atoms with Crippen molar-refractivity contribution in [3.8, 4) is 0 Å². The molecule has 2 aliphatic rings. The number of aromatic nitrogens is 1. The molecule has 0 spiro atoms. The number of aliphatic hydroxyl groups excluding tert-OH is 1. The predicted molar refractivity (Wildman–Crippen MR) is 161 cm³/mol. The number of carbonyl (C=O) groups excluding carboxylic acids is 3. The third-order valence-electron chi connectivity index (χ3n) is 7.65. The van der Waals surface area contributed by atoms with Gasteiger partial charge in [0.25, 0.3) is 5.91 Å². The molecule has 1 aromatic carbocycles. The lowest BCUT2D eigenvalue weighted by molar-refractivity contribution is -0.172. The van der Waals surface area contributed by atoms with Gasteiger partial charge in [0, 0.05) is 24.9 Å². The highest BCUT2D eigenvalue weighted by Crippen LogP contribution is 2.23. The number of fused-ring (bicyclic) bond motifs is 4. The smallest absolute Gasteiger partial charge is 0.258 e. The molecule has 5 bridgehead atoms. The van der Waals surface area contributed by atoms with Crippen LogP contribution in [0.3, 0.4) is 0 Å². The van der Waals surface area contributed by atoms with Gasteiger partial charge in [0.05, 0.1) is 23.4 Å². The van der Waals surface area contributed by atoms with E-state index >= 15 is 0 Å². The Morgan fingerprint density at radius 1 is 1.07 bits per heavy atom. The lowest BCUT2D eigenvalue weighted by Crippen LogP contribution is -2.61. The number of hydrazine groups is 1. The summed E-state index contributed by atoms with van der Waals surface area (Å²) in [6, 6.07) is 7.84. The maximum atomic E-state index is 13.2. The molecule has 1 fully saturated rings. The van der Waals surface area contributed by atoms with E-state index in [-0.39, 0.29) is 24.2 Å². The number of aliphatic hydroxyl groups is 1. The third kappa shape index (κ3) is 8.34. The first-order valence-electron chi connectivity index (χ1n) is 14.9. The van der Waals surface area contributed by atoms with E-state index in [2.05, 4.69) is 27.5 Å². The fourth-order valence-electron chi connectivity index (χ4n) is 5.14. The van der Waals surface area contributed by atoms with E-state index in [0.29, 0.717) is 38.2 Å². The Balaban J connectivity index is 1.53. The molecule has 4 rings (SSSR count). The van der Waals surface area contributed by atoms with Crippen LogP contribution >= 0.6 is 0 Å². The first-order valence-corrected chi connectivity index (χ1v) is 14.9. The zero-order chi connectivity index (χ0) is 30.2. The Bertz CT molecular complexity index is 1280. The number of ether oxygens (including phenoxy) is 1. The summed E-state index contributed by atoms with van der Waals surface area (Å²) >= 11 is 0. The van der Waals surface area contributed by atoms with Crippen LogP contribution in [0.2, 0.25) is 0 Å². The summed E-state index contributed by atoms with van der Waals surface area (Å²) in [5.74, 6) is -1.15. The van der Waals surface area contributed by atoms with Crippen LogP contribution in [0.15, 0.2) is 36.4 Å². The van der Waals surface area contributed by atoms with Crippen LogP contribution in [-0.2, 0) is 19.1 Å². The van der Waals surface area contributed by atoms with Gasteiger partial charge in [-0.25, -0.2) is 5.43 Å². The van der Waals surface area contributed by atoms with Crippen LogP contribution in [-0.4, -0.2) is 76.9 Å². The highest BCUT2D eigenvalue weighted by atomic mass is 16.6. The van der Waals surface area contributed by atoms with Crippen LogP contribution < -0.4 is 21.4 Å². The van der Waals surface area contributed by atoms with Crippen molar-refractivity contribution in [2.24, 2.45) is 5.92 Å². The molecule has 1 saturated heterocycles. The number of nitrogens with zero attached hydrogens (tertiary/aromatic N) is 2. The van der Waals surface area contributed by atoms with Gasteiger partial charge in [0.2, 0.25) is 11.8 Å². The average Bonchev–Trinajstić information content (AvgIpc) is 2.97. The van der Waals surface area contributed by atoms with E-state index in [1.54, 1.807) is 6.92 Å². The van der Waals surface area contributed by atoms with Gasteiger partial charge in [-0.1, -0.05) is 44.2 Å². The SMILES string of the molecule is CC(C)[C@@H]1NC(=O)CCNCC/C=C/c2ccc3ccc(nc3c2)[C@@H](C)OC(O)[C@@H]2CCCN(N2)C(=O)[C@H](C)NC1=O. The molecule has 2 aliphatic heterocycles. The van der Waals surface area contributed by atoms with Crippen molar-refractivity contribution >= 4 is 34.7 Å². The molecule has 11 nitrogen and oxygen atoms in total. The van der Waals surface area contributed by atoms with Gasteiger partial charge in [0.15, 0.2) is 6.29 Å². The van der Waals surface area contributed by atoms with Crippen LogP contribution in [0.4, 0.5) is 0 Å². The largest absolute Gasteiger partial charge is 0.367 e. The number of hydrogen-bond donors (Lipinski definition) is 5. The molecular formula is C31H44N6O5. The minimum absolute atomic E-state index is 0.169. The van der Waals surface area contributed by atoms with Crippen molar-refractivity contribution in [1.82, 2.24) is 31.4 Å². The molecule has 3 amide bonds. The molecule has 0 aliphatic carbocycles. The first kappa shape index (κ1) is 31.6. The highest BCUT2D eigenvalue weighted by molar-refractivity contribution is 5.92. The van der Waals surface area contributed by atoms with Crippen molar-refractivity contribution in [3.05, 3.63) is 47.7 Å². The third-order valence-corrected chi connectivity index (χ3v) is 7.65. The average molecular weight is 581 g/mol. The van der Waals surface area contributed by atoms with E-state index in [0.717, 1.165) is 22.9 Å². The lowest BCUT2D eigenvalue weighted by Gasteiger charge is -2.37. The molecule has 0 radical (unpaired) electrons. The molecule has 42 heavy (non-hydrogen) atoms. The Morgan fingerprint density at radius 3 is 2.64 bits per heavy atom. The summed E-state index contributed by atoms with van der Waals surface area (Å²) in [5.41, 5.74) is 5.63. The molecule has 3 heterocycles. The van der Waals surface area contributed by atoms with Crippen molar-refractivity contribution in [2.45, 2.75) is 83.9 Å². The van der Waals surface area contributed by atoms with E-state index in [9.17, 15) is 19.5 Å². The molecular weight excluding hydrogens is 536 g/mol. The van der Waals surface area contributed by atoms with Gasteiger partial charge < -0.3 is 25.8 Å². The maximum absolute atomic E-state index is 13.2. The number of benzene rings is 1. The summed E-state index contributed by atoms with van der Waals surface area (Å²) in [6.45, 7) is 8.77. The molecule has 1 aromatic heterocycles. The summed E-state index contributed by atoms with van der Waals surface area (Å²) in [4.78, 5) is 43.7. The van der Waals surface area contributed by atoms with Crippen molar-refractivity contribution < 1.29 is 24.2 Å². The molecule has 2 aromatic rings. The Labute approximate surface area is 247 Å². The second-order valence-corrected chi connectivity index (χ2v) is 11.4. The van der Waals surface area contributed by atoms with Gasteiger partial charge in [-0.2, -0.15) is 0 Å². The van der Waals surface area contributed by atoms with E-state index in [4.69, 9.17) is 9.72 Å². The predicted octanol–water partition coefficient (Wildman–Crippen LogP) is 2.17. The summed E-state index contributed by atoms with van der Waals surface area (Å²) in [6.07, 6.45) is 4.72. The summed E-state index contributed by atoms with van der Waals surface area (Å²) in [5, 5.41) is 22.2. The topological polar surface area (TPSA) is 145 Å². The zero-order valence-corrected chi connectivity index (χ0v) is 24.9. The summed E-state index contributed by atoms with van der Waals surface area (Å²) < 4.78 is 5.96. The number of hydrogen-bond acceptors (Lipinski definition) is 8. The fraction of sp³-hybridized carbons (Fsp3) is 0.548. The Morgan fingerprint density at radius 2 is 1.86 bits per heavy atom. The van der Waals surface area contributed by atoms with Gasteiger partial charge in [-0.15, -0.1) is 0 Å². The van der Waals surface area contributed by atoms with Crippen LogP contribution in [0, 0.1) is 5.92 Å². The number of carbonyl (C=O) groups is 3. The molecule has 5 N–H and O–H groups in total. The van der Waals surface area contributed by atoms with Crippen LogP contribution in [0.1, 0.15) is 70.7 Å². The van der Waals surface area contributed by atoms with Crippen LogP contribution in [0.5, 0.6) is 0 Å². The van der Waals surface area contributed by atoms with Gasteiger partial charge in [-0.05, 0) is 63.3 Å². The lowest BCUT2D eigenvalue weighted by atomic mass is 10.0. The normalized spacial score (nSPS) is 28.3. The minimum Gasteiger partial charge on any atom is -0.367 e. The first-order chi connectivity index (χ1) is 20.1. The number of nitrogens with one attached hydrogen (secondary N) is 4. The van der Waals surface area contributed by atoms with Crippen molar-refractivity contribution in [1.29, 1.82) is 0 Å². The van der Waals surface area contributed by atoms with Gasteiger partial charge in [0.1, 0.15) is 12.1 Å². The molecule has 228 valence electrons. The molecule has 11 heteroatoms. The Hall–Kier alpha value is -3.38. The number of amides is 3. The highest BCUT2D eigenvalue weighted by Gasteiger charge is 2.33. The molecule has 0 saturated carbocycles. The minimum atomic E-state index is -1.18. The van der Waals surface area contributed by atoms with E-state index in [1.165, 1.54) is 5.01 Å². The van der Waals surface area contributed by atoms with E-state index < -0.39 is 36.4 Å². The summed E-state index contributed by atoms with van der Waals surface area (Å²) in [7, 11) is 0. The van der Waals surface area contributed by atoms with Crippen molar-refractivity contribution in [3.63, 3.8) is 0 Å². The quantitative estimate of drug-likeness (QED) is 0.345. The standard InChI is InChI=1S/C31H44N6O5/c1-19(2)28-29(39)33-20(3)30(40)37-17-7-9-25(36-37)31(41)42-21(4)24-13-12-23-11-10-22(18-26(23)34-24)8-5-6-15-32-16-14-27(38)35-28/h5,8,10-13,18-21,25,28,31-32,36,41H,6-7,9,14-17H2,1-4H3,(H,33,39)(H,35,38)/b8-5+/t20-,21+,25-,28-,31?/m0/s1. The molecule has 1 unspecified atom stereocenters. The second kappa shape index (κ2) is 14.7. The second-order valence-electron chi connectivity index (χ2n) is 11.4. The van der Waals surface area contributed by atoms with Crippen molar-refractivity contribution in [2.75, 3.05) is 19.6 Å². The Kier molecular flexibility index (Phi) is 11.0.